The minimum absolute atomic E-state index is 0.185. The first-order valence-corrected chi connectivity index (χ1v) is 7.53. The van der Waals surface area contributed by atoms with Gasteiger partial charge in [-0.3, -0.25) is 0 Å². The van der Waals surface area contributed by atoms with Gasteiger partial charge in [0.05, 0.1) is 18.8 Å². The van der Waals surface area contributed by atoms with Crippen molar-refractivity contribution in [1.82, 2.24) is 0 Å². The summed E-state index contributed by atoms with van der Waals surface area (Å²) in [4.78, 5) is 1.32. The van der Waals surface area contributed by atoms with Crippen molar-refractivity contribution in [2.24, 2.45) is 0 Å². The normalized spacial score (nSPS) is 13.2. The van der Waals surface area contributed by atoms with E-state index in [1.807, 2.05) is 18.7 Å². The molecule has 0 aliphatic heterocycles. The molecular weight excluding hydrogens is 240 g/mol. The molecule has 0 saturated carbocycles. The van der Waals surface area contributed by atoms with Crippen molar-refractivity contribution >= 4 is 23.1 Å². The van der Waals surface area contributed by atoms with Crippen LogP contribution in [0.3, 0.4) is 0 Å². The van der Waals surface area contributed by atoms with Crippen LogP contribution in [0.4, 0.5) is 0 Å². The largest absolute Gasteiger partial charge is 0.379 e. The minimum atomic E-state index is 0.185. The van der Waals surface area contributed by atoms with Gasteiger partial charge in [-0.1, -0.05) is 0 Å². The van der Waals surface area contributed by atoms with E-state index in [2.05, 4.69) is 30.7 Å². The molecule has 0 aliphatic carbocycles. The zero-order chi connectivity index (χ0) is 11.8. The Morgan fingerprint density at radius 1 is 1.44 bits per heavy atom. The fraction of sp³-hybridized carbons (Fsp3) is 0.667. The maximum atomic E-state index is 5.81. The summed E-state index contributed by atoms with van der Waals surface area (Å²) in [6.45, 7) is 7.58. The summed E-state index contributed by atoms with van der Waals surface area (Å²) in [5.41, 5.74) is 0. The van der Waals surface area contributed by atoms with E-state index in [1.54, 1.807) is 11.3 Å². The number of thioether (sulfide) groups is 1. The molecule has 1 atom stereocenters. The van der Waals surface area contributed by atoms with Crippen LogP contribution in [-0.4, -0.2) is 31.2 Å². The second-order valence-corrected chi connectivity index (χ2v) is 5.61. The van der Waals surface area contributed by atoms with E-state index < -0.39 is 0 Å². The van der Waals surface area contributed by atoms with Crippen LogP contribution in [0.1, 0.15) is 20.8 Å². The molecule has 1 aromatic heterocycles. The summed E-state index contributed by atoms with van der Waals surface area (Å²) < 4.78 is 11.2. The lowest BCUT2D eigenvalue weighted by Gasteiger charge is -2.19. The minimum Gasteiger partial charge on any atom is -0.379 e. The third-order valence-corrected chi connectivity index (χ3v) is 3.86. The SMILES string of the molecule is CCOCC(CSc1ccsc1)OC(C)C. The summed E-state index contributed by atoms with van der Waals surface area (Å²) in [7, 11) is 0. The third-order valence-electron chi connectivity index (χ3n) is 1.90. The number of hydrogen-bond donors (Lipinski definition) is 0. The van der Waals surface area contributed by atoms with Gasteiger partial charge < -0.3 is 9.47 Å². The van der Waals surface area contributed by atoms with Crippen molar-refractivity contribution in [1.29, 1.82) is 0 Å². The van der Waals surface area contributed by atoms with Gasteiger partial charge in [-0.2, -0.15) is 11.3 Å². The first kappa shape index (κ1) is 14.0. The highest BCUT2D eigenvalue weighted by Crippen LogP contribution is 2.22. The molecular formula is C12H20O2S2. The van der Waals surface area contributed by atoms with E-state index in [4.69, 9.17) is 9.47 Å². The van der Waals surface area contributed by atoms with Crippen LogP contribution < -0.4 is 0 Å². The van der Waals surface area contributed by atoms with Crippen LogP contribution in [0.2, 0.25) is 0 Å². The van der Waals surface area contributed by atoms with E-state index in [0.29, 0.717) is 6.61 Å². The summed E-state index contributed by atoms with van der Waals surface area (Å²) in [6.07, 6.45) is 0.443. The highest BCUT2D eigenvalue weighted by Gasteiger charge is 2.12. The molecule has 16 heavy (non-hydrogen) atoms. The predicted octanol–water partition coefficient (Wildman–Crippen LogP) is 3.67. The Hall–Kier alpha value is -0.0300. The summed E-state index contributed by atoms with van der Waals surface area (Å²) in [6, 6.07) is 2.14. The maximum Gasteiger partial charge on any atom is 0.0905 e. The Kier molecular flexibility index (Phi) is 7.12. The van der Waals surface area contributed by atoms with Crippen molar-refractivity contribution in [3.05, 3.63) is 16.8 Å². The molecule has 0 aliphatic rings. The third kappa shape index (κ3) is 5.89. The van der Waals surface area contributed by atoms with Gasteiger partial charge in [-0.15, -0.1) is 11.8 Å². The zero-order valence-corrected chi connectivity index (χ0v) is 11.8. The molecule has 0 radical (unpaired) electrons. The average Bonchev–Trinajstić information content (AvgIpc) is 2.74. The van der Waals surface area contributed by atoms with Gasteiger partial charge in [-0.05, 0) is 32.2 Å². The fourth-order valence-electron chi connectivity index (χ4n) is 1.28. The number of ether oxygens (including phenoxy) is 2. The summed E-state index contributed by atoms with van der Waals surface area (Å²) in [5, 5.41) is 4.26. The molecule has 0 bridgehead atoms. The molecule has 1 heterocycles. The lowest BCUT2D eigenvalue weighted by atomic mass is 10.4. The first-order chi connectivity index (χ1) is 7.72. The van der Waals surface area contributed by atoms with Gasteiger partial charge in [0.2, 0.25) is 0 Å². The Balaban J connectivity index is 2.31. The van der Waals surface area contributed by atoms with Crippen molar-refractivity contribution in [3.63, 3.8) is 0 Å². The van der Waals surface area contributed by atoms with Gasteiger partial charge >= 0.3 is 0 Å². The van der Waals surface area contributed by atoms with Crippen LogP contribution >= 0.6 is 23.1 Å². The molecule has 0 aromatic carbocycles. The molecule has 1 unspecified atom stereocenters. The lowest BCUT2D eigenvalue weighted by molar-refractivity contribution is -0.0299. The van der Waals surface area contributed by atoms with Gasteiger partial charge in [-0.25, -0.2) is 0 Å². The number of hydrogen-bond acceptors (Lipinski definition) is 4. The molecule has 0 spiro atoms. The van der Waals surface area contributed by atoms with Crippen LogP contribution in [0.5, 0.6) is 0 Å². The predicted molar refractivity (Wildman–Crippen MR) is 71.5 cm³/mol. The van der Waals surface area contributed by atoms with E-state index >= 15 is 0 Å². The van der Waals surface area contributed by atoms with Crippen molar-refractivity contribution in [2.45, 2.75) is 37.9 Å². The summed E-state index contributed by atoms with van der Waals surface area (Å²) in [5.74, 6) is 0.953. The molecule has 1 aromatic rings. The number of rotatable bonds is 8. The van der Waals surface area contributed by atoms with Crippen molar-refractivity contribution in [2.75, 3.05) is 19.0 Å². The second-order valence-electron chi connectivity index (χ2n) is 3.74. The Bertz CT molecular complexity index is 260. The van der Waals surface area contributed by atoms with E-state index in [9.17, 15) is 0 Å². The highest BCUT2D eigenvalue weighted by atomic mass is 32.2. The lowest BCUT2D eigenvalue weighted by Crippen LogP contribution is -2.25. The highest BCUT2D eigenvalue weighted by molar-refractivity contribution is 7.99. The molecule has 4 heteroatoms. The Morgan fingerprint density at radius 3 is 2.81 bits per heavy atom. The van der Waals surface area contributed by atoms with E-state index in [1.165, 1.54) is 4.90 Å². The second kappa shape index (κ2) is 8.12. The Morgan fingerprint density at radius 2 is 2.25 bits per heavy atom. The maximum absolute atomic E-state index is 5.81. The van der Waals surface area contributed by atoms with Crippen LogP contribution in [-0.2, 0) is 9.47 Å². The van der Waals surface area contributed by atoms with Gasteiger partial charge in [0.25, 0.3) is 0 Å². The quantitative estimate of drug-likeness (QED) is 0.664. The van der Waals surface area contributed by atoms with Crippen molar-refractivity contribution < 1.29 is 9.47 Å². The average molecular weight is 260 g/mol. The van der Waals surface area contributed by atoms with Crippen LogP contribution in [0.15, 0.2) is 21.7 Å². The van der Waals surface area contributed by atoms with Crippen molar-refractivity contribution in [3.8, 4) is 0 Å². The summed E-state index contributed by atoms with van der Waals surface area (Å²) >= 11 is 3.56. The molecule has 2 nitrogen and oxygen atoms in total. The number of thiophene rings is 1. The van der Waals surface area contributed by atoms with Crippen LogP contribution in [0, 0.1) is 0 Å². The fourth-order valence-corrected chi connectivity index (χ4v) is 3.04. The smallest absolute Gasteiger partial charge is 0.0905 e. The van der Waals surface area contributed by atoms with Crippen LogP contribution in [0.25, 0.3) is 0 Å². The first-order valence-electron chi connectivity index (χ1n) is 5.60. The standard InChI is InChI=1S/C12H20O2S2/c1-4-13-7-11(14-10(2)3)8-16-12-5-6-15-9-12/h5-6,9-11H,4,7-8H2,1-3H3. The Labute approximate surface area is 106 Å². The molecule has 0 N–H and O–H groups in total. The zero-order valence-electron chi connectivity index (χ0n) is 10.1. The van der Waals surface area contributed by atoms with Gasteiger partial charge in [0.15, 0.2) is 0 Å². The van der Waals surface area contributed by atoms with Gasteiger partial charge in [0.1, 0.15) is 0 Å². The topological polar surface area (TPSA) is 18.5 Å². The monoisotopic (exact) mass is 260 g/mol. The van der Waals surface area contributed by atoms with E-state index in [-0.39, 0.29) is 12.2 Å². The molecule has 0 fully saturated rings. The molecule has 0 amide bonds. The molecule has 1 rings (SSSR count). The molecule has 92 valence electrons. The van der Waals surface area contributed by atoms with Gasteiger partial charge in [0, 0.05) is 22.6 Å². The molecule has 0 saturated heterocycles. The van der Waals surface area contributed by atoms with E-state index in [0.717, 1.165) is 12.4 Å².